The second-order valence-electron chi connectivity index (χ2n) is 3.61. The molecule has 3 nitrogen and oxygen atoms in total. The zero-order chi connectivity index (χ0) is 11.1. The molecule has 1 aromatic rings. The Morgan fingerprint density at radius 2 is 1.87 bits per heavy atom. The molecule has 2 N–H and O–H groups in total. The van der Waals surface area contributed by atoms with Crippen molar-refractivity contribution < 1.29 is 15.0 Å². The van der Waals surface area contributed by atoms with Crippen molar-refractivity contribution in [3.63, 3.8) is 0 Å². The molecule has 0 aromatic heterocycles. The molecule has 1 aromatic carbocycles. The van der Waals surface area contributed by atoms with E-state index in [1.165, 1.54) is 5.56 Å². The number of hydrogen-bond acceptors (Lipinski definition) is 2. The minimum atomic E-state index is -0.853. The summed E-state index contributed by atoms with van der Waals surface area (Å²) in [6.07, 6.45) is 1.28. The lowest BCUT2D eigenvalue weighted by molar-refractivity contribution is -0.137. The van der Waals surface area contributed by atoms with E-state index in [0.29, 0.717) is 12.8 Å². The molecule has 1 unspecified atom stereocenters. The van der Waals surface area contributed by atoms with E-state index >= 15 is 0 Å². The Kier molecular flexibility index (Phi) is 4.84. The second-order valence-corrected chi connectivity index (χ2v) is 3.61. The first-order valence-corrected chi connectivity index (χ1v) is 5.12. The van der Waals surface area contributed by atoms with Gasteiger partial charge in [-0.3, -0.25) is 4.79 Å². The van der Waals surface area contributed by atoms with Crippen LogP contribution in [0.15, 0.2) is 30.3 Å². The topological polar surface area (TPSA) is 57.5 Å². The molecule has 82 valence electrons. The highest BCUT2D eigenvalue weighted by atomic mass is 16.4. The number of aliphatic hydroxyl groups is 1. The normalized spacial score (nSPS) is 12.3. The third-order valence-electron chi connectivity index (χ3n) is 2.30. The molecular formula is C12H16O3. The van der Waals surface area contributed by atoms with Gasteiger partial charge in [0.05, 0.1) is 6.10 Å². The van der Waals surface area contributed by atoms with Crippen LogP contribution in [-0.4, -0.2) is 22.3 Å². The third-order valence-corrected chi connectivity index (χ3v) is 2.30. The summed E-state index contributed by atoms with van der Waals surface area (Å²) in [7, 11) is 0. The number of benzene rings is 1. The molecule has 0 amide bonds. The maximum atomic E-state index is 10.3. The van der Waals surface area contributed by atoms with E-state index in [0.717, 1.165) is 6.42 Å². The predicted molar refractivity (Wildman–Crippen MR) is 57.6 cm³/mol. The number of hydrogen-bond donors (Lipinski definition) is 2. The molecule has 15 heavy (non-hydrogen) atoms. The van der Waals surface area contributed by atoms with Crippen LogP contribution in [0.3, 0.4) is 0 Å². The first-order chi connectivity index (χ1) is 7.18. The fraction of sp³-hybridized carbons (Fsp3) is 0.417. The maximum absolute atomic E-state index is 10.3. The Hall–Kier alpha value is -1.35. The van der Waals surface area contributed by atoms with Crippen molar-refractivity contribution in [2.24, 2.45) is 0 Å². The smallest absolute Gasteiger partial charge is 0.303 e. The molecule has 0 aliphatic heterocycles. The molecule has 0 aliphatic rings. The van der Waals surface area contributed by atoms with Gasteiger partial charge in [0.1, 0.15) is 0 Å². The van der Waals surface area contributed by atoms with Gasteiger partial charge < -0.3 is 10.2 Å². The van der Waals surface area contributed by atoms with Gasteiger partial charge in [-0.2, -0.15) is 0 Å². The summed E-state index contributed by atoms with van der Waals surface area (Å²) in [4.78, 5) is 10.3. The van der Waals surface area contributed by atoms with Crippen LogP contribution in [0.25, 0.3) is 0 Å². The van der Waals surface area contributed by atoms with Crippen LogP contribution < -0.4 is 0 Å². The summed E-state index contributed by atoms with van der Waals surface area (Å²) in [5.74, 6) is -0.853. The van der Waals surface area contributed by atoms with Crippen LogP contribution in [-0.2, 0) is 11.2 Å². The van der Waals surface area contributed by atoms with E-state index in [9.17, 15) is 9.90 Å². The van der Waals surface area contributed by atoms with Gasteiger partial charge in [-0.1, -0.05) is 30.3 Å². The Morgan fingerprint density at radius 1 is 1.20 bits per heavy atom. The van der Waals surface area contributed by atoms with Gasteiger partial charge in [0.2, 0.25) is 0 Å². The predicted octanol–water partition coefficient (Wildman–Crippen LogP) is 1.84. The molecule has 3 heteroatoms. The summed E-state index contributed by atoms with van der Waals surface area (Å²) < 4.78 is 0. The van der Waals surface area contributed by atoms with Crippen molar-refractivity contribution in [3.8, 4) is 0 Å². The Balaban J connectivity index is 2.22. The van der Waals surface area contributed by atoms with Crippen LogP contribution in [0.5, 0.6) is 0 Å². The Labute approximate surface area is 89.4 Å². The summed E-state index contributed by atoms with van der Waals surface area (Å²) in [5.41, 5.74) is 1.17. The van der Waals surface area contributed by atoms with Gasteiger partial charge in [-0.15, -0.1) is 0 Å². The molecule has 1 atom stereocenters. The van der Waals surface area contributed by atoms with Crippen LogP contribution in [0.4, 0.5) is 0 Å². The molecule has 1 rings (SSSR count). The zero-order valence-corrected chi connectivity index (χ0v) is 8.60. The maximum Gasteiger partial charge on any atom is 0.303 e. The number of carboxylic acids is 1. The minimum absolute atomic E-state index is 0.0377. The van der Waals surface area contributed by atoms with Gasteiger partial charge in [0.15, 0.2) is 0 Å². The average molecular weight is 208 g/mol. The van der Waals surface area contributed by atoms with Gasteiger partial charge in [-0.25, -0.2) is 0 Å². The molecule has 0 aliphatic carbocycles. The highest BCUT2D eigenvalue weighted by molar-refractivity contribution is 5.66. The molecule has 0 saturated heterocycles. The summed E-state index contributed by atoms with van der Waals surface area (Å²) in [5, 5.41) is 17.9. The first kappa shape index (κ1) is 11.7. The molecule has 0 fully saturated rings. The third kappa shape index (κ3) is 5.18. The summed E-state index contributed by atoms with van der Waals surface area (Å²) >= 11 is 0. The van der Waals surface area contributed by atoms with Crippen molar-refractivity contribution in [2.45, 2.75) is 31.8 Å². The Bertz CT molecular complexity index is 295. The fourth-order valence-corrected chi connectivity index (χ4v) is 1.41. The van der Waals surface area contributed by atoms with Crippen LogP contribution in [0.1, 0.15) is 24.8 Å². The van der Waals surface area contributed by atoms with Gasteiger partial charge in [0, 0.05) is 6.42 Å². The molecular weight excluding hydrogens is 192 g/mol. The van der Waals surface area contributed by atoms with E-state index in [2.05, 4.69) is 0 Å². The highest BCUT2D eigenvalue weighted by Gasteiger charge is 2.06. The molecule has 0 radical (unpaired) electrons. The van der Waals surface area contributed by atoms with E-state index < -0.39 is 12.1 Å². The standard InChI is InChI=1S/C12H16O3/c13-11(8-9-12(14)15)7-6-10-4-2-1-3-5-10/h1-5,11,13H,6-9H2,(H,14,15). The number of aryl methyl sites for hydroxylation is 1. The van der Waals surface area contributed by atoms with Gasteiger partial charge in [-0.05, 0) is 24.8 Å². The van der Waals surface area contributed by atoms with Crippen molar-refractivity contribution in [3.05, 3.63) is 35.9 Å². The average Bonchev–Trinajstić information content (AvgIpc) is 2.25. The number of carbonyl (C=O) groups is 1. The van der Waals surface area contributed by atoms with E-state index in [4.69, 9.17) is 5.11 Å². The van der Waals surface area contributed by atoms with Crippen molar-refractivity contribution in [2.75, 3.05) is 0 Å². The molecule has 0 saturated carbocycles. The number of aliphatic hydroxyl groups excluding tert-OH is 1. The van der Waals surface area contributed by atoms with Crippen LogP contribution >= 0.6 is 0 Å². The van der Waals surface area contributed by atoms with Crippen LogP contribution in [0, 0.1) is 0 Å². The van der Waals surface area contributed by atoms with E-state index in [1.807, 2.05) is 30.3 Å². The van der Waals surface area contributed by atoms with Crippen LogP contribution in [0.2, 0.25) is 0 Å². The van der Waals surface area contributed by atoms with Crippen molar-refractivity contribution in [1.29, 1.82) is 0 Å². The lowest BCUT2D eigenvalue weighted by atomic mass is 10.0. The second kappa shape index (κ2) is 6.19. The fourth-order valence-electron chi connectivity index (χ4n) is 1.41. The minimum Gasteiger partial charge on any atom is -0.481 e. The molecule has 0 spiro atoms. The van der Waals surface area contributed by atoms with Crippen molar-refractivity contribution in [1.82, 2.24) is 0 Å². The Morgan fingerprint density at radius 3 is 2.47 bits per heavy atom. The largest absolute Gasteiger partial charge is 0.481 e. The SMILES string of the molecule is O=C(O)CCC(O)CCc1ccccc1. The lowest BCUT2D eigenvalue weighted by Crippen LogP contribution is -2.10. The van der Waals surface area contributed by atoms with E-state index in [-0.39, 0.29) is 6.42 Å². The number of aliphatic carboxylic acids is 1. The monoisotopic (exact) mass is 208 g/mol. The summed E-state index contributed by atoms with van der Waals surface area (Å²) in [6, 6.07) is 9.87. The first-order valence-electron chi connectivity index (χ1n) is 5.12. The van der Waals surface area contributed by atoms with Gasteiger partial charge >= 0.3 is 5.97 Å². The number of rotatable bonds is 6. The zero-order valence-electron chi connectivity index (χ0n) is 8.60. The van der Waals surface area contributed by atoms with Gasteiger partial charge in [0.25, 0.3) is 0 Å². The summed E-state index contributed by atoms with van der Waals surface area (Å²) in [6.45, 7) is 0. The lowest BCUT2D eigenvalue weighted by Gasteiger charge is -2.08. The quantitative estimate of drug-likeness (QED) is 0.750. The molecule has 0 bridgehead atoms. The van der Waals surface area contributed by atoms with Crippen molar-refractivity contribution >= 4 is 5.97 Å². The van der Waals surface area contributed by atoms with E-state index in [1.54, 1.807) is 0 Å². The molecule has 0 heterocycles. The number of carboxylic acid groups (broad SMARTS) is 1. The highest BCUT2D eigenvalue weighted by Crippen LogP contribution is 2.08.